The number of nitrogens with zero attached hydrogens (tertiary/aromatic N) is 2. The molecular formula is C16H19N3O4. The van der Waals surface area contributed by atoms with Crippen molar-refractivity contribution in [2.24, 2.45) is 5.84 Å². The van der Waals surface area contributed by atoms with Crippen LogP contribution in [0.1, 0.15) is 53.3 Å². The Morgan fingerprint density at radius 1 is 1.04 bits per heavy atom. The largest absolute Gasteiger partial charge is 0.274 e. The molecule has 122 valence electrons. The molecule has 0 fully saturated rings. The maximum absolute atomic E-state index is 12.1. The molecule has 1 aromatic rings. The highest BCUT2D eigenvalue weighted by atomic mass is 16.2. The predicted octanol–water partition coefficient (Wildman–Crippen LogP) is 1.09. The van der Waals surface area contributed by atoms with Gasteiger partial charge in [0.15, 0.2) is 0 Å². The van der Waals surface area contributed by atoms with Crippen LogP contribution < -0.4 is 5.84 Å². The highest BCUT2D eigenvalue weighted by Crippen LogP contribution is 2.22. The van der Waals surface area contributed by atoms with Gasteiger partial charge in [-0.3, -0.25) is 24.1 Å². The lowest BCUT2D eigenvalue weighted by Gasteiger charge is -2.17. The summed E-state index contributed by atoms with van der Waals surface area (Å²) in [6, 6.07) is 6.49. The Morgan fingerprint density at radius 3 is 2.09 bits per heavy atom. The van der Waals surface area contributed by atoms with Gasteiger partial charge in [0, 0.05) is 19.4 Å². The number of unbranched alkanes of at least 4 members (excludes halogenated alkanes) is 1. The Bertz CT molecular complexity index is 621. The van der Waals surface area contributed by atoms with Crippen LogP contribution in [0.4, 0.5) is 0 Å². The average Bonchev–Trinajstić information content (AvgIpc) is 2.81. The number of hydrogen-bond donors (Lipinski definition) is 1. The minimum absolute atomic E-state index is 0.0973. The SMILES string of the molecule is CCCCC(=O)N(N)C(=O)CCN1C(=O)c2ccccc2C1=O. The molecule has 0 atom stereocenters. The average molecular weight is 317 g/mol. The lowest BCUT2D eigenvalue weighted by Crippen LogP contribution is -2.44. The van der Waals surface area contributed by atoms with E-state index in [1.54, 1.807) is 24.3 Å². The van der Waals surface area contributed by atoms with Crippen LogP contribution in [0, 0.1) is 0 Å². The summed E-state index contributed by atoms with van der Waals surface area (Å²) in [6.45, 7) is 1.83. The van der Waals surface area contributed by atoms with E-state index >= 15 is 0 Å². The van der Waals surface area contributed by atoms with Crippen LogP contribution in [0.5, 0.6) is 0 Å². The topological polar surface area (TPSA) is 101 Å². The van der Waals surface area contributed by atoms with Gasteiger partial charge in [-0.25, -0.2) is 10.9 Å². The second-order valence-electron chi connectivity index (χ2n) is 5.32. The van der Waals surface area contributed by atoms with Crippen molar-refractivity contribution in [2.45, 2.75) is 32.6 Å². The fraction of sp³-hybridized carbons (Fsp3) is 0.375. The summed E-state index contributed by atoms with van der Waals surface area (Å²) in [5.41, 5.74) is 0.655. The minimum Gasteiger partial charge on any atom is -0.274 e. The quantitative estimate of drug-likeness (QED) is 0.366. The third-order valence-corrected chi connectivity index (χ3v) is 3.71. The van der Waals surface area contributed by atoms with Crippen LogP contribution in [0.3, 0.4) is 0 Å². The molecule has 7 heteroatoms. The zero-order valence-electron chi connectivity index (χ0n) is 12.9. The van der Waals surface area contributed by atoms with Crippen LogP contribution in [0.15, 0.2) is 24.3 Å². The van der Waals surface area contributed by atoms with Gasteiger partial charge < -0.3 is 0 Å². The van der Waals surface area contributed by atoms with E-state index in [9.17, 15) is 19.2 Å². The Morgan fingerprint density at radius 2 is 1.57 bits per heavy atom. The van der Waals surface area contributed by atoms with Gasteiger partial charge in [0.25, 0.3) is 11.8 Å². The molecule has 0 bridgehead atoms. The van der Waals surface area contributed by atoms with Crippen molar-refractivity contribution in [1.82, 2.24) is 9.91 Å². The summed E-state index contributed by atoms with van der Waals surface area (Å²) in [4.78, 5) is 48.9. The number of carbonyl (C=O) groups is 4. The van der Waals surface area contributed by atoms with Crippen LogP contribution in [-0.4, -0.2) is 40.1 Å². The Balaban J connectivity index is 1.94. The third kappa shape index (κ3) is 3.45. The Kier molecular flexibility index (Phi) is 5.23. The number of amides is 4. The van der Waals surface area contributed by atoms with Crippen molar-refractivity contribution in [2.75, 3.05) is 6.54 Å². The van der Waals surface area contributed by atoms with Crippen molar-refractivity contribution in [1.29, 1.82) is 0 Å². The van der Waals surface area contributed by atoms with Crippen LogP contribution in [-0.2, 0) is 9.59 Å². The van der Waals surface area contributed by atoms with E-state index in [1.807, 2.05) is 6.92 Å². The molecule has 0 aromatic heterocycles. The van der Waals surface area contributed by atoms with Crippen LogP contribution in [0.2, 0.25) is 0 Å². The molecule has 7 nitrogen and oxygen atoms in total. The van der Waals surface area contributed by atoms with Gasteiger partial charge in [-0.05, 0) is 18.6 Å². The first-order chi connectivity index (χ1) is 11.0. The fourth-order valence-corrected chi connectivity index (χ4v) is 2.36. The number of imide groups is 2. The molecule has 0 radical (unpaired) electrons. The van der Waals surface area contributed by atoms with Gasteiger partial charge in [0.1, 0.15) is 0 Å². The number of hydrogen-bond acceptors (Lipinski definition) is 5. The molecule has 0 spiro atoms. The highest BCUT2D eigenvalue weighted by Gasteiger charge is 2.35. The first kappa shape index (κ1) is 16.8. The first-order valence-electron chi connectivity index (χ1n) is 7.53. The van der Waals surface area contributed by atoms with Crippen LogP contribution in [0.25, 0.3) is 0 Å². The molecule has 0 saturated carbocycles. The molecule has 1 aliphatic heterocycles. The molecule has 2 rings (SSSR count). The predicted molar refractivity (Wildman–Crippen MR) is 82.0 cm³/mol. The van der Waals surface area contributed by atoms with Gasteiger partial charge >= 0.3 is 0 Å². The van der Waals surface area contributed by atoms with Gasteiger partial charge in [-0.1, -0.05) is 25.5 Å². The molecule has 0 unspecified atom stereocenters. The first-order valence-corrected chi connectivity index (χ1v) is 7.53. The number of hydrazine groups is 1. The van der Waals surface area contributed by atoms with Crippen molar-refractivity contribution in [3.05, 3.63) is 35.4 Å². The van der Waals surface area contributed by atoms with Gasteiger partial charge in [0.05, 0.1) is 11.1 Å². The summed E-state index contributed by atoms with van der Waals surface area (Å²) in [5.74, 6) is 3.56. The third-order valence-electron chi connectivity index (χ3n) is 3.71. The van der Waals surface area contributed by atoms with Crippen LogP contribution >= 0.6 is 0 Å². The summed E-state index contributed by atoms with van der Waals surface area (Å²) in [7, 11) is 0. The minimum atomic E-state index is -0.609. The summed E-state index contributed by atoms with van der Waals surface area (Å²) >= 11 is 0. The van der Waals surface area contributed by atoms with E-state index < -0.39 is 23.6 Å². The summed E-state index contributed by atoms with van der Waals surface area (Å²) in [6.07, 6.45) is 1.49. The normalized spacial score (nSPS) is 13.2. The smallest absolute Gasteiger partial charge is 0.261 e. The van der Waals surface area contributed by atoms with Gasteiger partial charge in [-0.15, -0.1) is 0 Å². The van der Waals surface area contributed by atoms with E-state index in [0.29, 0.717) is 22.6 Å². The van der Waals surface area contributed by atoms with Gasteiger partial charge in [-0.2, -0.15) is 0 Å². The van der Waals surface area contributed by atoms with Crippen molar-refractivity contribution in [3.8, 4) is 0 Å². The lowest BCUT2D eigenvalue weighted by atomic mass is 10.1. The Hall–Kier alpha value is -2.54. The second kappa shape index (κ2) is 7.15. The molecule has 23 heavy (non-hydrogen) atoms. The zero-order valence-corrected chi connectivity index (χ0v) is 12.9. The monoisotopic (exact) mass is 317 g/mol. The maximum Gasteiger partial charge on any atom is 0.261 e. The van der Waals surface area contributed by atoms with Crippen molar-refractivity contribution < 1.29 is 19.2 Å². The number of rotatable bonds is 6. The summed E-state index contributed by atoms with van der Waals surface area (Å²) < 4.78 is 0. The second-order valence-corrected chi connectivity index (χ2v) is 5.32. The number of carbonyl (C=O) groups excluding carboxylic acids is 4. The number of benzene rings is 1. The Labute approximate surface area is 134 Å². The van der Waals surface area contributed by atoms with Crippen molar-refractivity contribution >= 4 is 23.6 Å². The number of fused-ring (bicyclic) bond motifs is 1. The fourth-order valence-electron chi connectivity index (χ4n) is 2.36. The summed E-state index contributed by atoms with van der Waals surface area (Å²) in [5, 5.41) is 0.577. The molecular weight excluding hydrogens is 298 g/mol. The molecule has 0 saturated heterocycles. The molecule has 1 aliphatic rings. The standard InChI is InChI=1S/C16H19N3O4/c1-2-3-8-13(20)19(17)14(21)9-10-18-15(22)11-6-4-5-7-12(11)16(18)23/h4-7H,2-3,8-10,17H2,1H3. The van der Waals surface area contributed by atoms with E-state index in [1.165, 1.54) is 0 Å². The van der Waals surface area contributed by atoms with E-state index in [4.69, 9.17) is 5.84 Å². The molecule has 4 amide bonds. The lowest BCUT2D eigenvalue weighted by molar-refractivity contribution is -0.145. The van der Waals surface area contributed by atoms with E-state index in [-0.39, 0.29) is 19.4 Å². The molecule has 2 N–H and O–H groups in total. The van der Waals surface area contributed by atoms with E-state index in [2.05, 4.69) is 0 Å². The zero-order chi connectivity index (χ0) is 17.0. The van der Waals surface area contributed by atoms with Crippen molar-refractivity contribution in [3.63, 3.8) is 0 Å². The highest BCUT2D eigenvalue weighted by molar-refractivity contribution is 6.21. The van der Waals surface area contributed by atoms with Gasteiger partial charge in [0.2, 0.25) is 11.8 Å². The number of nitrogens with two attached hydrogens (primary N) is 1. The molecule has 1 aromatic carbocycles. The maximum atomic E-state index is 12.1. The van der Waals surface area contributed by atoms with E-state index in [0.717, 1.165) is 11.3 Å². The molecule has 0 aliphatic carbocycles. The molecule has 1 heterocycles.